The molecule has 9 heteroatoms. The standard InChI is InChI=1S/C22H17Cl2N5O2/c1-2-31-22(30)29-19-11-17(26-16-9-7-15(24)8-10-16)20-21(28-19)27-18(12-25-20)13-3-5-14(23)6-4-13/h3-12H,2H2,1H3,(H2,26,27,28,29,30). The highest BCUT2D eigenvalue weighted by Crippen LogP contribution is 2.29. The van der Waals surface area contributed by atoms with Gasteiger partial charge in [-0.15, -0.1) is 0 Å². The fourth-order valence-corrected chi connectivity index (χ4v) is 3.13. The SMILES string of the molecule is CCOC(=O)Nc1cc(Nc2ccc(Cl)cc2)c2ncc(-c3ccc(Cl)cc3)nc2n1. The number of halogens is 2. The van der Waals surface area contributed by atoms with Crippen molar-refractivity contribution < 1.29 is 9.53 Å². The van der Waals surface area contributed by atoms with Crippen molar-refractivity contribution in [3.05, 3.63) is 70.8 Å². The molecule has 4 rings (SSSR count). The highest BCUT2D eigenvalue weighted by atomic mass is 35.5. The molecule has 0 fully saturated rings. The molecule has 0 saturated carbocycles. The smallest absolute Gasteiger partial charge is 0.412 e. The summed E-state index contributed by atoms with van der Waals surface area (Å²) in [6.07, 6.45) is 1.06. The summed E-state index contributed by atoms with van der Waals surface area (Å²) in [4.78, 5) is 25.6. The van der Waals surface area contributed by atoms with E-state index in [9.17, 15) is 4.79 Å². The summed E-state index contributed by atoms with van der Waals surface area (Å²) in [6.45, 7) is 1.97. The lowest BCUT2D eigenvalue weighted by Gasteiger charge is -2.12. The molecule has 2 aromatic carbocycles. The molecule has 0 spiro atoms. The number of fused-ring (bicyclic) bond motifs is 1. The highest BCUT2D eigenvalue weighted by Gasteiger charge is 2.13. The zero-order valence-corrected chi connectivity index (χ0v) is 17.9. The molecule has 0 aliphatic rings. The van der Waals surface area contributed by atoms with Gasteiger partial charge < -0.3 is 10.1 Å². The van der Waals surface area contributed by atoms with Crippen LogP contribution in [-0.2, 0) is 4.74 Å². The number of nitrogens with one attached hydrogen (secondary N) is 2. The Morgan fingerprint density at radius 1 is 1.00 bits per heavy atom. The number of ether oxygens (including phenoxy) is 1. The number of rotatable bonds is 5. The van der Waals surface area contributed by atoms with Crippen molar-refractivity contribution in [3.63, 3.8) is 0 Å². The van der Waals surface area contributed by atoms with E-state index in [1.165, 1.54) is 0 Å². The summed E-state index contributed by atoms with van der Waals surface area (Å²) >= 11 is 12.0. The van der Waals surface area contributed by atoms with Gasteiger partial charge in [0.25, 0.3) is 0 Å². The van der Waals surface area contributed by atoms with Gasteiger partial charge in [-0.3, -0.25) is 5.32 Å². The molecule has 156 valence electrons. The number of hydrogen-bond donors (Lipinski definition) is 2. The largest absolute Gasteiger partial charge is 0.450 e. The maximum Gasteiger partial charge on any atom is 0.412 e. The summed E-state index contributed by atoms with van der Waals surface area (Å²) in [5.74, 6) is 0.282. The van der Waals surface area contributed by atoms with E-state index in [0.29, 0.717) is 32.6 Å². The molecule has 0 bridgehead atoms. The quantitative estimate of drug-likeness (QED) is 0.367. The Kier molecular flexibility index (Phi) is 6.16. The van der Waals surface area contributed by atoms with Crippen molar-refractivity contribution in [2.75, 3.05) is 17.2 Å². The monoisotopic (exact) mass is 453 g/mol. The van der Waals surface area contributed by atoms with E-state index < -0.39 is 6.09 Å². The fraction of sp³-hybridized carbons (Fsp3) is 0.0909. The van der Waals surface area contributed by atoms with Crippen LogP contribution in [0.1, 0.15) is 6.92 Å². The molecule has 2 heterocycles. The van der Waals surface area contributed by atoms with Gasteiger partial charge in [0, 0.05) is 27.4 Å². The third-order valence-corrected chi connectivity index (χ3v) is 4.79. The van der Waals surface area contributed by atoms with Gasteiger partial charge in [0.15, 0.2) is 5.65 Å². The zero-order chi connectivity index (χ0) is 21.8. The summed E-state index contributed by atoms with van der Waals surface area (Å²) in [5.41, 5.74) is 3.79. The van der Waals surface area contributed by atoms with Crippen LogP contribution < -0.4 is 10.6 Å². The van der Waals surface area contributed by atoms with Gasteiger partial charge in [-0.25, -0.2) is 19.7 Å². The van der Waals surface area contributed by atoms with Gasteiger partial charge in [0.1, 0.15) is 11.3 Å². The minimum atomic E-state index is -0.603. The van der Waals surface area contributed by atoms with Crippen LogP contribution in [0.4, 0.5) is 22.0 Å². The van der Waals surface area contributed by atoms with Crippen molar-refractivity contribution >= 4 is 57.7 Å². The number of benzene rings is 2. The number of hydrogen-bond acceptors (Lipinski definition) is 6. The van der Waals surface area contributed by atoms with Crippen LogP contribution in [0.2, 0.25) is 10.0 Å². The molecule has 31 heavy (non-hydrogen) atoms. The minimum absolute atomic E-state index is 0.246. The highest BCUT2D eigenvalue weighted by molar-refractivity contribution is 6.30. The third kappa shape index (κ3) is 5.02. The molecule has 0 atom stereocenters. The van der Waals surface area contributed by atoms with Crippen LogP contribution in [0.15, 0.2) is 60.8 Å². The lowest BCUT2D eigenvalue weighted by molar-refractivity contribution is 0.168. The van der Waals surface area contributed by atoms with E-state index in [1.807, 2.05) is 24.3 Å². The van der Waals surface area contributed by atoms with Gasteiger partial charge >= 0.3 is 6.09 Å². The summed E-state index contributed by atoms with van der Waals surface area (Å²) in [7, 11) is 0. The zero-order valence-electron chi connectivity index (χ0n) is 16.4. The molecule has 0 radical (unpaired) electrons. The number of anilines is 3. The van der Waals surface area contributed by atoms with Gasteiger partial charge in [-0.2, -0.15) is 0 Å². The van der Waals surface area contributed by atoms with Crippen LogP contribution in [0.25, 0.3) is 22.4 Å². The number of aromatic nitrogens is 3. The number of carbonyl (C=O) groups is 1. The third-order valence-electron chi connectivity index (χ3n) is 4.29. The van der Waals surface area contributed by atoms with Gasteiger partial charge in [0.2, 0.25) is 0 Å². The molecular weight excluding hydrogens is 437 g/mol. The second-order valence-electron chi connectivity index (χ2n) is 6.47. The fourth-order valence-electron chi connectivity index (χ4n) is 2.88. The maximum absolute atomic E-state index is 11.9. The molecule has 0 aliphatic heterocycles. The van der Waals surface area contributed by atoms with Crippen molar-refractivity contribution in [3.8, 4) is 11.3 Å². The summed E-state index contributed by atoms with van der Waals surface area (Å²) < 4.78 is 4.96. The molecule has 0 saturated heterocycles. The first-order chi connectivity index (χ1) is 15.0. The summed E-state index contributed by atoms with van der Waals surface area (Å²) in [5, 5.41) is 7.15. The van der Waals surface area contributed by atoms with Crippen molar-refractivity contribution in [2.45, 2.75) is 6.92 Å². The molecule has 2 aromatic heterocycles. The van der Waals surface area contributed by atoms with Gasteiger partial charge in [-0.1, -0.05) is 35.3 Å². The molecule has 2 N–H and O–H groups in total. The van der Waals surface area contributed by atoms with E-state index in [0.717, 1.165) is 11.3 Å². The molecule has 0 unspecified atom stereocenters. The Labute approximate surface area is 188 Å². The topological polar surface area (TPSA) is 89.0 Å². The normalized spacial score (nSPS) is 10.7. The first-order valence-corrected chi connectivity index (χ1v) is 10.2. The predicted octanol–water partition coefficient (Wildman–Crippen LogP) is 6.31. The van der Waals surface area contributed by atoms with Crippen LogP contribution in [-0.4, -0.2) is 27.7 Å². The van der Waals surface area contributed by atoms with E-state index in [4.69, 9.17) is 27.9 Å². The number of nitrogens with zero attached hydrogens (tertiary/aromatic N) is 3. The number of amides is 1. The average Bonchev–Trinajstić information content (AvgIpc) is 2.75. The lowest BCUT2D eigenvalue weighted by atomic mass is 10.1. The maximum atomic E-state index is 11.9. The molecule has 4 aromatic rings. The van der Waals surface area contributed by atoms with Crippen LogP contribution >= 0.6 is 23.2 Å². The Bertz CT molecular complexity index is 1230. The van der Waals surface area contributed by atoms with Gasteiger partial charge in [0.05, 0.1) is 24.2 Å². The number of pyridine rings is 1. The van der Waals surface area contributed by atoms with Crippen LogP contribution in [0.5, 0.6) is 0 Å². The van der Waals surface area contributed by atoms with E-state index >= 15 is 0 Å². The number of carbonyl (C=O) groups excluding carboxylic acids is 1. The van der Waals surface area contributed by atoms with Crippen molar-refractivity contribution in [1.82, 2.24) is 15.0 Å². The molecule has 1 amide bonds. The summed E-state index contributed by atoms with van der Waals surface area (Å²) in [6, 6.07) is 16.2. The molecule has 7 nitrogen and oxygen atoms in total. The van der Waals surface area contributed by atoms with Crippen LogP contribution in [0, 0.1) is 0 Å². The van der Waals surface area contributed by atoms with E-state index in [2.05, 4.69) is 25.6 Å². The first kappa shape index (κ1) is 20.8. The van der Waals surface area contributed by atoms with E-state index in [-0.39, 0.29) is 12.4 Å². The van der Waals surface area contributed by atoms with E-state index in [1.54, 1.807) is 43.5 Å². The lowest BCUT2D eigenvalue weighted by Crippen LogP contribution is -2.14. The second kappa shape index (κ2) is 9.16. The van der Waals surface area contributed by atoms with Crippen LogP contribution in [0.3, 0.4) is 0 Å². The Hall–Kier alpha value is -3.42. The molecule has 0 aliphatic carbocycles. The van der Waals surface area contributed by atoms with Gasteiger partial charge in [-0.05, 0) is 43.3 Å². The van der Waals surface area contributed by atoms with Crippen molar-refractivity contribution in [2.24, 2.45) is 0 Å². The Morgan fingerprint density at radius 3 is 2.35 bits per heavy atom. The average molecular weight is 454 g/mol. The van der Waals surface area contributed by atoms with Crippen molar-refractivity contribution in [1.29, 1.82) is 0 Å². The first-order valence-electron chi connectivity index (χ1n) is 9.42. The second-order valence-corrected chi connectivity index (χ2v) is 7.34. The predicted molar refractivity (Wildman–Crippen MR) is 123 cm³/mol. The Balaban J connectivity index is 1.78. The minimum Gasteiger partial charge on any atom is -0.450 e. The Morgan fingerprint density at radius 2 is 1.68 bits per heavy atom. The molecular formula is C22H17Cl2N5O2.